The minimum atomic E-state index is -0.799. The number of rotatable bonds is 2. The molecule has 2 aliphatic rings. The van der Waals surface area contributed by atoms with E-state index in [0.717, 1.165) is 42.9 Å². The quantitative estimate of drug-likeness (QED) is 0.756. The van der Waals surface area contributed by atoms with Crippen molar-refractivity contribution in [2.75, 3.05) is 24.5 Å². The van der Waals surface area contributed by atoms with Crippen molar-refractivity contribution in [3.05, 3.63) is 17.6 Å². The molecule has 0 aromatic carbocycles. The van der Waals surface area contributed by atoms with Gasteiger partial charge in [-0.15, -0.1) is 0 Å². The molecule has 6 nitrogen and oxygen atoms in total. The van der Waals surface area contributed by atoms with Gasteiger partial charge in [0.1, 0.15) is 18.2 Å². The Bertz CT molecular complexity index is 477. The van der Waals surface area contributed by atoms with Gasteiger partial charge in [0.05, 0.1) is 0 Å². The largest absolute Gasteiger partial charge is 0.480 e. The molecule has 1 saturated heterocycles. The summed E-state index contributed by atoms with van der Waals surface area (Å²) in [7, 11) is 0. The van der Waals surface area contributed by atoms with E-state index in [2.05, 4.69) is 15.3 Å². The molecule has 3 rings (SSSR count). The van der Waals surface area contributed by atoms with Crippen LogP contribution in [0.1, 0.15) is 17.7 Å². The molecule has 1 aromatic rings. The predicted molar refractivity (Wildman–Crippen MR) is 65.7 cm³/mol. The first-order chi connectivity index (χ1) is 8.77. The van der Waals surface area contributed by atoms with Gasteiger partial charge in [-0.2, -0.15) is 0 Å². The Morgan fingerprint density at radius 2 is 2.33 bits per heavy atom. The van der Waals surface area contributed by atoms with Crippen molar-refractivity contribution >= 4 is 11.8 Å². The van der Waals surface area contributed by atoms with Crippen molar-refractivity contribution in [3.8, 4) is 0 Å². The smallest absolute Gasteiger partial charge is 0.327 e. The summed E-state index contributed by atoms with van der Waals surface area (Å²) in [5.74, 6) is 0.0268. The van der Waals surface area contributed by atoms with Gasteiger partial charge >= 0.3 is 5.97 Å². The molecule has 1 aromatic heterocycles. The lowest BCUT2D eigenvalue weighted by molar-refractivity contribution is -0.138. The number of aliphatic carboxylic acids is 1. The standard InChI is InChI=1S/C12H16N4O2/c17-12(18)10-6-13-4-5-16(10)11-8-2-1-3-9(8)14-7-15-11/h7,10,13H,1-6H2,(H,17,18). The molecule has 0 radical (unpaired) electrons. The van der Waals surface area contributed by atoms with Crippen molar-refractivity contribution in [2.24, 2.45) is 0 Å². The van der Waals surface area contributed by atoms with Crippen LogP contribution in [0.4, 0.5) is 5.82 Å². The zero-order chi connectivity index (χ0) is 12.5. The van der Waals surface area contributed by atoms with Crippen molar-refractivity contribution in [1.82, 2.24) is 15.3 Å². The van der Waals surface area contributed by atoms with Gasteiger partial charge < -0.3 is 15.3 Å². The SMILES string of the molecule is O=C(O)C1CNCCN1c1ncnc2c1CCC2. The summed E-state index contributed by atoms with van der Waals surface area (Å²) in [5, 5.41) is 12.4. The Kier molecular flexibility index (Phi) is 2.87. The first-order valence-electron chi connectivity index (χ1n) is 6.30. The molecule has 96 valence electrons. The van der Waals surface area contributed by atoms with Crippen molar-refractivity contribution < 1.29 is 9.90 Å². The monoisotopic (exact) mass is 248 g/mol. The summed E-state index contributed by atoms with van der Waals surface area (Å²) in [6.45, 7) is 1.94. The number of hydrogen-bond donors (Lipinski definition) is 2. The summed E-state index contributed by atoms with van der Waals surface area (Å²) in [5.41, 5.74) is 2.23. The highest BCUT2D eigenvalue weighted by atomic mass is 16.4. The number of nitrogens with one attached hydrogen (secondary N) is 1. The number of aromatic nitrogens is 2. The molecule has 1 fully saturated rings. The molecule has 6 heteroatoms. The molecular formula is C12H16N4O2. The minimum Gasteiger partial charge on any atom is -0.480 e. The number of aryl methyl sites for hydroxylation is 1. The third-order valence-electron chi connectivity index (χ3n) is 3.65. The van der Waals surface area contributed by atoms with E-state index in [1.807, 2.05) is 4.90 Å². The highest BCUT2D eigenvalue weighted by Crippen LogP contribution is 2.29. The van der Waals surface area contributed by atoms with Crippen LogP contribution in [0.2, 0.25) is 0 Å². The molecule has 2 N–H and O–H groups in total. The molecule has 1 unspecified atom stereocenters. The van der Waals surface area contributed by atoms with Gasteiger partial charge in [0.15, 0.2) is 0 Å². The van der Waals surface area contributed by atoms with Gasteiger partial charge in [0.2, 0.25) is 0 Å². The second-order valence-electron chi connectivity index (χ2n) is 4.73. The Morgan fingerprint density at radius 1 is 1.44 bits per heavy atom. The third-order valence-corrected chi connectivity index (χ3v) is 3.65. The number of carboxylic acids is 1. The average Bonchev–Trinajstić information content (AvgIpc) is 2.86. The normalized spacial score (nSPS) is 22.9. The van der Waals surface area contributed by atoms with E-state index in [0.29, 0.717) is 13.1 Å². The van der Waals surface area contributed by atoms with E-state index in [1.54, 1.807) is 6.33 Å². The molecule has 1 atom stereocenters. The summed E-state index contributed by atoms with van der Waals surface area (Å²) >= 11 is 0. The predicted octanol–water partition coefficient (Wildman–Crippen LogP) is -0.172. The zero-order valence-electron chi connectivity index (χ0n) is 10.1. The van der Waals surface area contributed by atoms with Gasteiger partial charge in [0, 0.05) is 30.9 Å². The minimum absolute atomic E-state index is 0.466. The maximum Gasteiger partial charge on any atom is 0.327 e. The molecule has 0 saturated carbocycles. The number of hydrogen-bond acceptors (Lipinski definition) is 5. The number of carboxylic acid groups (broad SMARTS) is 1. The number of anilines is 1. The second-order valence-corrected chi connectivity index (χ2v) is 4.73. The van der Waals surface area contributed by atoms with Gasteiger partial charge in [0.25, 0.3) is 0 Å². The van der Waals surface area contributed by atoms with Crippen molar-refractivity contribution in [3.63, 3.8) is 0 Å². The lowest BCUT2D eigenvalue weighted by atomic mass is 10.1. The Hall–Kier alpha value is -1.69. The van der Waals surface area contributed by atoms with Crippen LogP contribution in [0, 0.1) is 0 Å². The van der Waals surface area contributed by atoms with Crippen LogP contribution in [-0.2, 0) is 17.6 Å². The summed E-state index contributed by atoms with van der Waals surface area (Å²) in [6.07, 6.45) is 4.59. The summed E-state index contributed by atoms with van der Waals surface area (Å²) in [4.78, 5) is 21.8. The lowest BCUT2D eigenvalue weighted by Crippen LogP contribution is -2.55. The molecule has 18 heavy (non-hydrogen) atoms. The number of carbonyl (C=O) groups is 1. The molecule has 2 heterocycles. The van der Waals surface area contributed by atoms with Crippen LogP contribution in [-0.4, -0.2) is 46.7 Å². The highest BCUT2D eigenvalue weighted by molar-refractivity contribution is 5.79. The molecule has 1 aliphatic carbocycles. The molecule has 1 aliphatic heterocycles. The van der Waals surface area contributed by atoms with Crippen LogP contribution in [0.15, 0.2) is 6.33 Å². The third kappa shape index (κ3) is 1.82. The fraction of sp³-hybridized carbons (Fsp3) is 0.583. The lowest BCUT2D eigenvalue weighted by Gasteiger charge is -2.35. The Labute approximate surface area is 105 Å². The van der Waals surface area contributed by atoms with Gasteiger partial charge in [-0.25, -0.2) is 14.8 Å². The summed E-state index contributed by atoms with van der Waals surface area (Å²) < 4.78 is 0. The van der Waals surface area contributed by atoms with E-state index in [1.165, 1.54) is 0 Å². The van der Waals surface area contributed by atoms with Crippen LogP contribution >= 0.6 is 0 Å². The van der Waals surface area contributed by atoms with E-state index >= 15 is 0 Å². The number of piperazine rings is 1. The van der Waals surface area contributed by atoms with Crippen LogP contribution in [0.5, 0.6) is 0 Å². The maximum absolute atomic E-state index is 11.3. The van der Waals surface area contributed by atoms with Crippen LogP contribution in [0.25, 0.3) is 0 Å². The van der Waals surface area contributed by atoms with E-state index < -0.39 is 12.0 Å². The van der Waals surface area contributed by atoms with Gasteiger partial charge in [-0.1, -0.05) is 0 Å². The molecule has 0 amide bonds. The van der Waals surface area contributed by atoms with E-state index in [4.69, 9.17) is 0 Å². The van der Waals surface area contributed by atoms with Crippen LogP contribution in [0.3, 0.4) is 0 Å². The fourth-order valence-electron chi connectivity index (χ4n) is 2.77. The van der Waals surface area contributed by atoms with Crippen molar-refractivity contribution in [2.45, 2.75) is 25.3 Å². The van der Waals surface area contributed by atoms with Gasteiger partial charge in [-0.05, 0) is 19.3 Å². The molecule has 0 spiro atoms. The average molecular weight is 248 g/mol. The molecular weight excluding hydrogens is 232 g/mol. The van der Waals surface area contributed by atoms with Crippen molar-refractivity contribution in [1.29, 1.82) is 0 Å². The van der Waals surface area contributed by atoms with Crippen LogP contribution < -0.4 is 10.2 Å². The first-order valence-corrected chi connectivity index (χ1v) is 6.30. The topological polar surface area (TPSA) is 78.4 Å². The maximum atomic E-state index is 11.3. The van der Waals surface area contributed by atoms with E-state index in [-0.39, 0.29) is 0 Å². The second kappa shape index (κ2) is 4.53. The summed E-state index contributed by atoms with van der Waals surface area (Å²) in [6, 6.07) is -0.529. The fourth-order valence-corrected chi connectivity index (χ4v) is 2.77. The van der Waals surface area contributed by atoms with Gasteiger partial charge in [-0.3, -0.25) is 0 Å². The number of fused-ring (bicyclic) bond motifs is 1. The Balaban J connectivity index is 1.98. The number of nitrogens with zero attached hydrogens (tertiary/aromatic N) is 3. The van der Waals surface area contributed by atoms with E-state index in [9.17, 15) is 9.90 Å². The molecule has 0 bridgehead atoms. The zero-order valence-corrected chi connectivity index (χ0v) is 10.1. The Morgan fingerprint density at radius 3 is 3.17 bits per heavy atom. The highest BCUT2D eigenvalue weighted by Gasteiger charge is 2.32. The first kappa shape index (κ1) is 11.4.